The maximum Gasteiger partial charge on any atom is 0.323 e. The molecule has 18 heavy (non-hydrogen) atoms. The monoisotopic (exact) mass is 247 g/mol. The van der Waals surface area contributed by atoms with Crippen molar-refractivity contribution in [2.45, 2.75) is 25.4 Å². The number of rotatable bonds is 3. The third-order valence-electron chi connectivity index (χ3n) is 3.34. The molecule has 0 spiro atoms. The predicted octanol–water partition coefficient (Wildman–Crippen LogP) is 1.12. The van der Waals surface area contributed by atoms with Gasteiger partial charge in [-0.2, -0.15) is 0 Å². The summed E-state index contributed by atoms with van der Waals surface area (Å²) in [6.07, 6.45) is 2.30. The first kappa shape index (κ1) is 11.5. The van der Waals surface area contributed by atoms with Gasteiger partial charge in [-0.25, -0.2) is 4.79 Å². The van der Waals surface area contributed by atoms with Gasteiger partial charge in [0.2, 0.25) is 0 Å². The van der Waals surface area contributed by atoms with Gasteiger partial charge in [-0.3, -0.25) is 0 Å². The number of aromatic amines is 2. The Morgan fingerprint density at radius 1 is 1.33 bits per heavy atom. The van der Waals surface area contributed by atoms with Gasteiger partial charge in [0, 0.05) is 19.2 Å². The summed E-state index contributed by atoms with van der Waals surface area (Å²) in [5, 5.41) is 3.48. The van der Waals surface area contributed by atoms with E-state index in [9.17, 15) is 4.79 Å². The molecule has 0 amide bonds. The molecule has 1 aliphatic rings. The molecule has 0 radical (unpaired) electrons. The van der Waals surface area contributed by atoms with Crippen LogP contribution in [-0.4, -0.2) is 29.2 Å². The van der Waals surface area contributed by atoms with Gasteiger partial charge in [0.25, 0.3) is 0 Å². The highest BCUT2D eigenvalue weighted by atomic mass is 16.5. The fourth-order valence-electron chi connectivity index (χ4n) is 2.35. The van der Waals surface area contributed by atoms with E-state index in [-0.39, 0.29) is 5.69 Å². The van der Waals surface area contributed by atoms with Crippen LogP contribution >= 0.6 is 0 Å². The molecule has 1 saturated heterocycles. The Bertz CT molecular complexity index is 581. The summed E-state index contributed by atoms with van der Waals surface area (Å²) in [5.41, 5.74) is 2.73. The van der Waals surface area contributed by atoms with E-state index >= 15 is 0 Å². The average molecular weight is 247 g/mol. The van der Waals surface area contributed by atoms with E-state index in [1.54, 1.807) is 0 Å². The van der Waals surface area contributed by atoms with E-state index in [0.29, 0.717) is 6.04 Å². The van der Waals surface area contributed by atoms with Crippen LogP contribution in [0.4, 0.5) is 0 Å². The van der Waals surface area contributed by atoms with Crippen molar-refractivity contribution < 1.29 is 4.74 Å². The molecule has 3 N–H and O–H groups in total. The lowest BCUT2D eigenvalue weighted by atomic mass is 10.1. The van der Waals surface area contributed by atoms with Gasteiger partial charge in [0.05, 0.1) is 17.6 Å². The molecule has 2 aromatic rings. The Hall–Kier alpha value is -1.59. The molecule has 0 aliphatic carbocycles. The summed E-state index contributed by atoms with van der Waals surface area (Å²) in [5.74, 6) is 0. The van der Waals surface area contributed by atoms with Crippen LogP contribution in [0.5, 0.6) is 0 Å². The average Bonchev–Trinajstić information content (AvgIpc) is 2.77. The molecule has 1 fully saturated rings. The Labute approximate surface area is 105 Å². The van der Waals surface area contributed by atoms with Gasteiger partial charge in [-0.15, -0.1) is 0 Å². The summed E-state index contributed by atoms with van der Waals surface area (Å²) in [4.78, 5) is 16.7. The number of hydrogen-bond donors (Lipinski definition) is 3. The zero-order chi connectivity index (χ0) is 12.4. The van der Waals surface area contributed by atoms with Crippen LogP contribution in [0, 0.1) is 0 Å². The van der Waals surface area contributed by atoms with Crippen LogP contribution in [0.3, 0.4) is 0 Å². The van der Waals surface area contributed by atoms with Crippen molar-refractivity contribution in [3.05, 3.63) is 34.2 Å². The maximum atomic E-state index is 11.2. The maximum absolute atomic E-state index is 11.2. The smallest absolute Gasteiger partial charge is 0.323 e. The summed E-state index contributed by atoms with van der Waals surface area (Å²) in [6, 6.07) is 6.41. The van der Waals surface area contributed by atoms with Gasteiger partial charge < -0.3 is 20.0 Å². The Morgan fingerprint density at radius 2 is 2.22 bits per heavy atom. The van der Waals surface area contributed by atoms with Crippen LogP contribution in [-0.2, 0) is 11.3 Å². The summed E-state index contributed by atoms with van der Waals surface area (Å²) >= 11 is 0. The third kappa shape index (κ3) is 2.47. The van der Waals surface area contributed by atoms with Crippen molar-refractivity contribution in [3.8, 4) is 0 Å². The number of H-pyrrole nitrogens is 2. The van der Waals surface area contributed by atoms with Crippen molar-refractivity contribution in [3.63, 3.8) is 0 Å². The second kappa shape index (κ2) is 4.96. The molecule has 1 aliphatic heterocycles. The Balaban J connectivity index is 1.68. The molecule has 3 rings (SSSR count). The zero-order valence-corrected chi connectivity index (χ0v) is 10.2. The normalized spacial score (nSPS) is 20.3. The van der Waals surface area contributed by atoms with Gasteiger partial charge in [0.15, 0.2) is 0 Å². The van der Waals surface area contributed by atoms with Gasteiger partial charge in [0.1, 0.15) is 0 Å². The second-order valence-corrected chi connectivity index (χ2v) is 4.75. The Morgan fingerprint density at radius 3 is 3.06 bits per heavy atom. The molecular formula is C13H17N3O2. The number of fused-ring (bicyclic) bond motifs is 1. The van der Waals surface area contributed by atoms with Crippen molar-refractivity contribution in [2.24, 2.45) is 0 Å². The predicted molar refractivity (Wildman–Crippen MR) is 69.6 cm³/mol. The number of ether oxygens (including phenoxy) is 1. The number of benzene rings is 1. The highest BCUT2D eigenvalue weighted by Crippen LogP contribution is 2.11. The molecule has 5 heteroatoms. The lowest BCUT2D eigenvalue weighted by Gasteiger charge is -2.23. The quantitative estimate of drug-likeness (QED) is 0.761. The highest BCUT2D eigenvalue weighted by molar-refractivity contribution is 5.74. The SMILES string of the molecule is O=c1[nH]c2ccc(CN[C@H]3CCCOC3)cc2[nH]1. The minimum atomic E-state index is -0.157. The summed E-state index contributed by atoms with van der Waals surface area (Å²) in [7, 11) is 0. The lowest BCUT2D eigenvalue weighted by Crippen LogP contribution is -2.36. The Kier molecular flexibility index (Phi) is 3.17. The first-order chi connectivity index (χ1) is 8.81. The minimum absolute atomic E-state index is 0.157. The van der Waals surface area contributed by atoms with E-state index in [2.05, 4.69) is 15.3 Å². The van der Waals surface area contributed by atoms with E-state index in [1.807, 2.05) is 18.2 Å². The molecule has 2 heterocycles. The van der Waals surface area contributed by atoms with Gasteiger partial charge >= 0.3 is 5.69 Å². The lowest BCUT2D eigenvalue weighted by molar-refractivity contribution is 0.0699. The van der Waals surface area contributed by atoms with Crippen molar-refractivity contribution in [1.29, 1.82) is 0 Å². The number of hydrogen-bond acceptors (Lipinski definition) is 3. The molecule has 1 aromatic carbocycles. The first-order valence-corrected chi connectivity index (χ1v) is 6.33. The topological polar surface area (TPSA) is 69.9 Å². The molecule has 1 atom stereocenters. The molecule has 1 aromatic heterocycles. The number of aromatic nitrogens is 2. The van der Waals surface area contributed by atoms with Crippen molar-refractivity contribution in [1.82, 2.24) is 15.3 Å². The van der Waals surface area contributed by atoms with Gasteiger partial charge in [-0.05, 0) is 30.5 Å². The zero-order valence-electron chi connectivity index (χ0n) is 10.2. The fourth-order valence-corrected chi connectivity index (χ4v) is 2.35. The van der Waals surface area contributed by atoms with E-state index in [1.165, 1.54) is 12.0 Å². The standard InChI is InChI=1S/C13H17N3O2/c17-13-15-11-4-3-9(6-12(11)16-13)7-14-10-2-1-5-18-8-10/h3-4,6,10,14H,1-2,5,7-8H2,(H2,15,16,17)/t10-/m0/s1. The van der Waals surface area contributed by atoms with Crippen LogP contribution in [0.25, 0.3) is 11.0 Å². The first-order valence-electron chi connectivity index (χ1n) is 6.33. The van der Waals surface area contributed by atoms with Gasteiger partial charge in [-0.1, -0.05) is 6.07 Å². The second-order valence-electron chi connectivity index (χ2n) is 4.75. The molecule has 96 valence electrons. The largest absolute Gasteiger partial charge is 0.380 e. The number of nitrogens with one attached hydrogen (secondary N) is 3. The van der Waals surface area contributed by atoms with Crippen molar-refractivity contribution >= 4 is 11.0 Å². The van der Waals surface area contributed by atoms with Crippen LogP contribution in [0.15, 0.2) is 23.0 Å². The molecule has 0 bridgehead atoms. The van der Waals surface area contributed by atoms with E-state index < -0.39 is 0 Å². The molecule has 5 nitrogen and oxygen atoms in total. The van der Waals surface area contributed by atoms with Crippen LogP contribution < -0.4 is 11.0 Å². The third-order valence-corrected chi connectivity index (χ3v) is 3.34. The fraction of sp³-hybridized carbons (Fsp3) is 0.462. The molecular weight excluding hydrogens is 230 g/mol. The van der Waals surface area contributed by atoms with Crippen LogP contribution in [0.2, 0.25) is 0 Å². The summed E-state index contributed by atoms with van der Waals surface area (Å²) in [6.45, 7) is 2.48. The van der Waals surface area contributed by atoms with E-state index in [4.69, 9.17) is 4.74 Å². The summed E-state index contributed by atoms with van der Waals surface area (Å²) < 4.78 is 5.43. The highest BCUT2D eigenvalue weighted by Gasteiger charge is 2.12. The molecule has 0 unspecified atom stereocenters. The van der Waals surface area contributed by atoms with Crippen LogP contribution in [0.1, 0.15) is 18.4 Å². The van der Waals surface area contributed by atoms with E-state index in [0.717, 1.165) is 37.2 Å². The minimum Gasteiger partial charge on any atom is -0.380 e. The van der Waals surface area contributed by atoms with Crippen molar-refractivity contribution in [2.75, 3.05) is 13.2 Å². The number of imidazole rings is 1. The molecule has 0 saturated carbocycles.